The molecule has 21 heavy (non-hydrogen) atoms. The highest BCUT2D eigenvalue weighted by molar-refractivity contribution is 5.95. The van der Waals surface area contributed by atoms with E-state index < -0.39 is 17.3 Å². The van der Waals surface area contributed by atoms with Crippen LogP contribution in [0.4, 0.5) is 5.69 Å². The SMILES string of the molecule is CC(C)(CC(=O)Nc1cc(C(C)(C)C)ccc1O)C(=O)O. The molecule has 0 aromatic heterocycles. The van der Waals surface area contributed by atoms with Gasteiger partial charge in [0.25, 0.3) is 0 Å². The van der Waals surface area contributed by atoms with E-state index in [0.717, 1.165) is 5.56 Å². The molecule has 0 radical (unpaired) electrons. The van der Waals surface area contributed by atoms with Crippen LogP contribution in [0.1, 0.15) is 46.6 Å². The van der Waals surface area contributed by atoms with Crippen molar-refractivity contribution >= 4 is 17.6 Å². The first-order valence-electron chi connectivity index (χ1n) is 6.80. The number of hydrogen-bond acceptors (Lipinski definition) is 3. The standard InChI is InChI=1S/C16H23NO4/c1-15(2,3)10-6-7-12(18)11(8-10)17-13(19)9-16(4,5)14(20)21/h6-8,18H,9H2,1-5H3,(H,17,19)(H,20,21). The highest BCUT2D eigenvalue weighted by Gasteiger charge is 2.30. The molecular formula is C16H23NO4. The lowest BCUT2D eigenvalue weighted by Crippen LogP contribution is -2.29. The minimum absolute atomic E-state index is 0.0375. The Hall–Kier alpha value is -2.04. The summed E-state index contributed by atoms with van der Waals surface area (Å²) in [6.07, 6.45) is -0.165. The van der Waals surface area contributed by atoms with E-state index in [1.807, 2.05) is 20.8 Å². The zero-order valence-corrected chi connectivity index (χ0v) is 13.2. The molecule has 0 spiro atoms. The molecule has 0 fully saturated rings. The van der Waals surface area contributed by atoms with Gasteiger partial charge in [-0.25, -0.2) is 0 Å². The normalized spacial score (nSPS) is 12.0. The Morgan fingerprint density at radius 1 is 1.14 bits per heavy atom. The number of nitrogens with one attached hydrogen (secondary N) is 1. The fourth-order valence-electron chi connectivity index (χ4n) is 1.77. The van der Waals surface area contributed by atoms with Crippen molar-refractivity contribution in [2.75, 3.05) is 5.32 Å². The van der Waals surface area contributed by atoms with Gasteiger partial charge >= 0.3 is 5.97 Å². The third kappa shape index (κ3) is 4.48. The van der Waals surface area contributed by atoms with Crippen molar-refractivity contribution in [3.8, 4) is 5.75 Å². The number of aromatic hydroxyl groups is 1. The zero-order chi connectivity index (χ0) is 16.4. The fourth-order valence-corrected chi connectivity index (χ4v) is 1.77. The molecular weight excluding hydrogens is 270 g/mol. The molecule has 0 atom stereocenters. The van der Waals surface area contributed by atoms with Crippen molar-refractivity contribution < 1.29 is 19.8 Å². The summed E-state index contributed by atoms with van der Waals surface area (Å²) in [5.74, 6) is -1.52. The number of carboxylic acid groups (broad SMARTS) is 1. The Balaban J connectivity index is 2.93. The number of carboxylic acids is 1. The maximum absolute atomic E-state index is 12.0. The molecule has 0 aliphatic rings. The van der Waals surface area contributed by atoms with Crippen LogP contribution in [0.25, 0.3) is 0 Å². The van der Waals surface area contributed by atoms with Gasteiger partial charge in [0.1, 0.15) is 5.75 Å². The average Bonchev–Trinajstić information content (AvgIpc) is 2.29. The number of carbonyl (C=O) groups excluding carboxylic acids is 1. The summed E-state index contributed by atoms with van der Waals surface area (Å²) in [7, 11) is 0. The predicted octanol–water partition coefficient (Wildman–Crippen LogP) is 3.13. The smallest absolute Gasteiger partial charge is 0.309 e. The van der Waals surface area contributed by atoms with Gasteiger partial charge in [-0.3, -0.25) is 9.59 Å². The number of benzene rings is 1. The van der Waals surface area contributed by atoms with Crippen LogP contribution in [0, 0.1) is 5.41 Å². The van der Waals surface area contributed by atoms with E-state index in [0.29, 0.717) is 5.69 Å². The van der Waals surface area contributed by atoms with Gasteiger partial charge in [0.05, 0.1) is 11.1 Å². The third-order valence-corrected chi connectivity index (χ3v) is 3.32. The zero-order valence-electron chi connectivity index (χ0n) is 13.2. The molecule has 5 nitrogen and oxygen atoms in total. The summed E-state index contributed by atoms with van der Waals surface area (Å²) >= 11 is 0. The monoisotopic (exact) mass is 293 g/mol. The maximum atomic E-state index is 12.0. The molecule has 1 rings (SSSR count). The second kappa shape index (κ2) is 5.76. The number of rotatable bonds is 4. The Kier molecular flexibility index (Phi) is 4.66. The highest BCUT2D eigenvalue weighted by atomic mass is 16.4. The summed E-state index contributed by atoms with van der Waals surface area (Å²) in [6, 6.07) is 5.03. The molecule has 5 heteroatoms. The van der Waals surface area contributed by atoms with Crippen LogP contribution in [-0.2, 0) is 15.0 Å². The van der Waals surface area contributed by atoms with Gasteiger partial charge in [0, 0.05) is 6.42 Å². The molecule has 116 valence electrons. The van der Waals surface area contributed by atoms with Crippen molar-refractivity contribution in [1.29, 1.82) is 0 Å². The van der Waals surface area contributed by atoms with E-state index in [4.69, 9.17) is 5.11 Å². The second-order valence-corrected chi connectivity index (χ2v) is 6.90. The van der Waals surface area contributed by atoms with E-state index in [1.165, 1.54) is 19.9 Å². The van der Waals surface area contributed by atoms with Gasteiger partial charge in [0.15, 0.2) is 0 Å². The van der Waals surface area contributed by atoms with Crippen LogP contribution in [-0.4, -0.2) is 22.1 Å². The lowest BCUT2D eigenvalue weighted by Gasteiger charge is -2.21. The summed E-state index contributed by atoms with van der Waals surface area (Å²) < 4.78 is 0. The van der Waals surface area contributed by atoms with Gasteiger partial charge in [-0.05, 0) is 37.0 Å². The maximum Gasteiger partial charge on any atom is 0.309 e. The number of amides is 1. The van der Waals surface area contributed by atoms with Crippen LogP contribution in [0.3, 0.4) is 0 Å². The lowest BCUT2D eigenvalue weighted by atomic mass is 9.86. The van der Waals surface area contributed by atoms with Gasteiger partial charge in [-0.2, -0.15) is 0 Å². The largest absolute Gasteiger partial charge is 0.506 e. The van der Waals surface area contributed by atoms with Gasteiger partial charge < -0.3 is 15.5 Å². The minimum Gasteiger partial charge on any atom is -0.506 e. The van der Waals surface area contributed by atoms with Crippen molar-refractivity contribution in [1.82, 2.24) is 0 Å². The molecule has 0 aliphatic heterocycles. The van der Waals surface area contributed by atoms with Crippen molar-refractivity contribution in [2.24, 2.45) is 5.41 Å². The van der Waals surface area contributed by atoms with E-state index in [-0.39, 0.29) is 17.6 Å². The second-order valence-electron chi connectivity index (χ2n) is 6.90. The Labute approximate surface area is 125 Å². The molecule has 0 heterocycles. The van der Waals surface area contributed by atoms with E-state index in [9.17, 15) is 14.7 Å². The van der Waals surface area contributed by atoms with Gasteiger partial charge in [-0.15, -0.1) is 0 Å². The summed E-state index contributed by atoms with van der Waals surface area (Å²) in [5, 5.41) is 21.4. The van der Waals surface area contributed by atoms with Crippen LogP contribution in [0.2, 0.25) is 0 Å². The van der Waals surface area contributed by atoms with Gasteiger partial charge in [-0.1, -0.05) is 26.8 Å². The molecule has 1 amide bonds. The number of anilines is 1. The number of carbonyl (C=O) groups is 2. The predicted molar refractivity (Wildman–Crippen MR) is 81.5 cm³/mol. The first kappa shape index (κ1) is 17.0. The Morgan fingerprint density at radius 3 is 2.19 bits per heavy atom. The van der Waals surface area contributed by atoms with Gasteiger partial charge in [0.2, 0.25) is 5.91 Å². The Morgan fingerprint density at radius 2 is 1.71 bits per heavy atom. The van der Waals surface area contributed by atoms with Crippen molar-refractivity contribution in [3.05, 3.63) is 23.8 Å². The van der Waals surface area contributed by atoms with Crippen LogP contribution >= 0.6 is 0 Å². The van der Waals surface area contributed by atoms with E-state index >= 15 is 0 Å². The number of phenols is 1. The molecule has 0 unspecified atom stereocenters. The molecule has 3 N–H and O–H groups in total. The highest BCUT2D eigenvalue weighted by Crippen LogP contribution is 2.31. The summed E-state index contributed by atoms with van der Waals surface area (Å²) in [6.45, 7) is 9.05. The molecule has 1 aromatic carbocycles. The van der Waals surface area contributed by atoms with Crippen LogP contribution in [0.15, 0.2) is 18.2 Å². The number of hydrogen-bond donors (Lipinski definition) is 3. The Bertz CT molecular complexity index is 556. The van der Waals surface area contributed by atoms with Crippen LogP contribution in [0.5, 0.6) is 5.75 Å². The third-order valence-electron chi connectivity index (χ3n) is 3.32. The van der Waals surface area contributed by atoms with Crippen LogP contribution < -0.4 is 5.32 Å². The van der Waals surface area contributed by atoms with E-state index in [2.05, 4.69) is 5.32 Å². The molecule has 0 aliphatic carbocycles. The summed E-state index contributed by atoms with van der Waals surface area (Å²) in [5.41, 5.74) is -0.00352. The number of phenolic OH excluding ortho intramolecular Hbond substituents is 1. The topological polar surface area (TPSA) is 86.6 Å². The molecule has 0 saturated heterocycles. The summed E-state index contributed by atoms with van der Waals surface area (Å²) in [4.78, 5) is 23.0. The molecule has 0 bridgehead atoms. The molecule has 0 saturated carbocycles. The van der Waals surface area contributed by atoms with Crippen molar-refractivity contribution in [2.45, 2.75) is 46.5 Å². The minimum atomic E-state index is -1.15. The van der Waals surface area contributed by atoms with E-state index in [1.54, 1.807) is 12.1 Å². The first-order valence-corrected chi connectivity index (χ1v) is 6.80. The quantitative estimate of drug-likeness (QED) is 0.744. The first-order chi connectivity index (χ1) is 9.43. The molecule has 1 aromatic rings. The fraction of sp³-hybridized carbons (Fsp3) is 0.500. The van der Waals surface area contributed by atoms with Crippen molar-refractivity contribution in [3.63, 3.8) is 0 Å². The lowest BCUT2D eigenvalue weighted by molar-refractivity contribution is -0.148. The average molecular weight is 293 g/mol. The number of aliphatic carboxylic acids is 1.